The molecule has 1 aromatic carbocycles. The van der Waals surface area contributed by atoms with Gasteiger partial charge in [0.15, 0.2) is 0 Å². The van der Waals surface area contributed by atoms with Crippen LogP contribution in [0.25, 0.3) is 0 Å². The van der Waals surface area contributed by atoms with E-state index in [1.54, 1.807) is 24.3 Å². The second kappa shape index (κ2) is 6.11. The van der Waals surface area contributed by atoms with Crippen molar-refractivity contribution in [1.82, 2.24) is 9.62 Å². The molecule has 0 bridgehead atoms. The predicted octanol–water partition coefficient (Wildman–Crippen LogP) is 1.49. The molecule has 1 aliphatic heterocycles. The minimum atomic E-state index is -3.21. The number of halogens is 1. The first-order valence-corrected chi connectivity index (χ1v) is 8.61. The Bertz CT molecular complexity index is 603. The van der Waals surface area contributed by atoms with Crippen molar-refractivity contribution in [3.8, 4) is 0 Å². The molecule has 1 saturated heterocycles. The summed E-state index contributed by atoms with van der Waals surface area (Å²) < 4.78 is 24.6. The standard InChI is InChI=1S/C13H17ClN2O3S/c1-20(18,19)16-7-3-6-12(16)9-15-13(17)10-4-2-5-11(14)8-10/h2,4-5,8,12H,3,6-7,9H2,1H3,(H,15,17). The highest BCUT2D eigenvalue weighted by Gasteiger charge is 2.31. The fourth-order valence-electron chi connectivity index (χ4n) is 2.39. The molecule has 0 spiro atoms. The minimum Gasteiger partial charge on any atom is -0.350 e. The average molecular weight is 317 g/mol. The van der Waals surface area contributed by atoms with Gasteiger partial charge in [0.2, 0.25) is 10.0 Å². The maximum absolute atomic E-state index is 12.0. The minimum absolute atomic E-state index is 0.159. The number of nitrogens with zero attached hydrogens (tertiary/aromatic N) is 1. The first-order chi connectivity index (χ1) is 9.38. The molecular weight excluding hydrogens is 300 g/mol. The van der Waals surface area contributed by atoms with Crippen LogP contribution in [-0.2, 0) is 10.0 Å². The fourth-order valence-corrected chi connectivity index (χ4v) is 3.76. The van der Waals surface area contributed by atoms with Crippen LogP contribution in [-0.4, -0.2) is 44.0 Å². The van der Waals surface area contributed by atoms with Gasteiger partial charge >= 0.3 is 0 Å². The Morgan fingerprint density at radius 3 is 2.90 bits per heavy atom. The van der Waals surface area contributed by atoms with Crippen LogP contribution in [0.4, 0.5) is 0 Å². The van der Waals surface area contributed by atoms with E-state index in [0.717, 1.165) is 12.8 Å². The van der Waals surface area contributed by atoms with E-state index in [4.69, 9.17) is 11.6 Å². The third-order valence-corrected chi connectivity index (χ3v) is 4.90. The predicted molar refractivity (Wildman–Crippen MR) is 78.4 cm³/mol. The van der Waals surface area contributed by atoms with Crippen LogP contribution in [0.3, 0.4) is 0 Å². The Kier molecular flexibility index (Phi) is 4.67. The Labute approximate surface area is 124 Å². The van der Waals surface area contributed by atoms with E-state index in [0.29, 0.717) is 23.7 Å². The molecule has 110 valence electrons. The van der Waals surface area contributed by atoms with Crippen molar-refractivity contribution < 1.29 is 13.2 Å². The van der Waals surface area contributed by atoms with Gasteiger partial charge in [-0.05, 0) is 31.0 Å². The summed E-state index contributed by atoms with van der Waals surface area (Å²) in [6.45, 7) is 0.842. The number of sulfonamides is 1. The second-order valence-corrected chi connectivity index (χ2v) is 7.26. The topological polar surface area (TPSA) is 66.5 Å². The van der Waals surface area contributed by atoms with Crippen molar-refractivity contribution in [2.24, 2.45) is 0 Å². The van der Waals surface area contributed by atoms with Crippen LogP contribution in [0.5, 0.6) is 0 Å². The lowest BCUT2D eigenvalue weighted by Gasteiger charge is -2.22. The largest absolute Gasteiger partial charge is 0.350 e. The Morgan fingerprint density at radius 1 is 1.50 bits per heavy atom. The molecular formula is C13H17ClN2O3S. The highest BCUT2D eigenvalue weighted by atomic mass is 35.5. The number of benzene rings is 1. The average Bonchev–Trinajstić information content (AvgIpc) is 2.84. The number of hydrogen-bond acceptors (Lipinski definition) is 3. The second-order valence-electron chi connectivity index (χ2n) is 4.89. The van der Waals surface area contributed by atoms with Crippen molar-refractivity contribution in [2.45, 2.75) is 18.9 Å². The molecule has 0 aliphatic carbocycles. The first kappa shape index (κ1) is 15.3. The molecule has 1 aromatic rings. The van der Waals surface area contributed by atoms with Crippen LogP contribution in [0.1, 0.15) is 23.2 Å². The van der Waals surface area contributed by atoms with Crippen molar-refractivity contribution in [2.75, 3.05) is 19.3 Å². The van der Waals surface area contributed by atoms with Crippen LogP contribution in [0.2, 0.25) is 5.02 Å². The van der Waals surface area contributed by atoms with E-state index in [1.807, 2.05) is 0 Å². The number of carbonyl (C=O) groups excluding carboxylic acids is 1. The fraction of sp³-hybridized carbons (Fsp3) is 0.462. The zero-order valence-electron chi connectivity index (χ0n) is 11.2. The number of carbonyl (C=O) groups is 1. The van der Waals surface area contributed by atoms with Gasteiger partial charge in [0, 0.05) is 29.7 Å². The monoisotopic (exact) mass is 316 g/mol. The van der Waals surface area contributed by atoms with E-state index >= 15 is 0 Å². The first-order valence-electron chi connectivity index (χ1n) is 6.38. The Morgan fingerprint density at radius 2 is 2.25 bits per heavy atom. The van der Waals surface area contributed by atoms with Gasteiger partial charge < -0.3 is 5.32 Å². The quantitative estimate of drug-likeness (QED) is 0.915. The summed E-state index contributed by atoms with van der Waals surface area (Å²) in [6.07, 6.45) is 2.79. The van der Waals surface area contributed by atoms with Crippen LogP contribution >= 0.6 is 11.6 Å². The summed E-state index contributed by atoms with van der Waals surface area (Å²) in [6, 6.07) is 6.49. The molecule has 0 aromatic heterocycles. The lowest BCUT2D eigenvalue weighted by molar-refractivity contribution is 0.0946. The molecule has 1 unspecified atom stereocenters. The molecule has 1 atom stereocenters. The van der Waals surface area contributed by atoms with Crippen molar-refractivity contribution >= 4 is 27.5 Å². The van der Waals surface area contributed by atoms with E-state index in [9.17, 15) is 13.2 Å². The number of nitrogens with one attached hydrogen (secondary N) is 1. The maximum atomic E-state index is 12.0. The molecule has 1 N–H and O–H groups in total. The van der Waals surface area contributed by atoms with Gasteiger partial charge in [0.05, 0.1) is 6.26 Å². The molecule has 5 nitrogen and oxygen atoms in total. The molecule has 7 heteroatoms. The highest BCUT2D eigenvalue weighted by molar-refractivity contribution is 7.88. The van der Waals surface area contributed by atoms with Crippen molar-refractivity contribution in [3.63, 3.8) is 0 Å². The zero-order valence-corrected chi connectivity index (χ0v) is 12.7. The van der Waals surface area contributed by atoms with E-state index in [1.165, 1.54) is 10.6 Å². The molecule has 1 heterocycles. The number of rotatable bonds is 4. The summed E-state index contributed by atoms with van der Waals surface area (Å²) in [4.78, 5) is 12.0. The van der Waals surface area contributed by atoms with Gasteiger partial charge in [-0.3, -0.25) is 4.79 Å². The van der Waals surface area contributed by atoms with Crippen molar-refractivity contribution in [3.05, 3.63) is 34.9 Å². The van der Waals surface area contributed by atoms with Gasteiger partial charge in [0.1, 0.15) is 0 Å². The zero-order chi connectivity index (χ0) is 14.8. The Hall–Kier alpha value is -1.11. The van der Waals surface area contributed by atoms with E-state index in [-0.39, 0.29) is 11.9 Å². The molecule has 0 radical (unpaired) electrons. The Balaban J connectivity index is 1.97. The molecule has 1 aliphatic rings. The third-order valence-electron chi connectivity index (χ3n) is 3.33. The lowest BCUT2D eigenvalue weighted by Crippen LogP contribution is -2.42. The van der Waals surface area contributed by atoms with Gasteiger partial charge in [-0.25, -0.2) is 8.42 Å². The molecule has 2 rings (SSSR count). The third kappa shape index (κ3) is 3.71. The molecule has 0 saturated carbocycles. The van der Waals surface area contributed by atoms with E-state index in [2.05, 4.69) is 5.32 Å². The van der Waals surface area contributed by atoms with Crippen molar-refractivity contribution in [1.29, 1.82) is 0 Å². The SMILES string of the molecule is CS(=O)(=O)N1CCCC1CNC(=O)c1cccc(Cl)c1. The van der Waals surface area contributed by atoms with Gasteiger partial charge in [-0.2, -0.15) is 4.31 Å². The smallest absolute Gasteiger partial charge is 0.251 e. The van der Waals surface area contributed by atoms with Gasteiger partial charge in [0.25, 0.3) is 5.91 Å². The maximum Gasteiger partial charge on any atom is 0.251 e. The van der Waals surface area contributed by atoms with Crippen LogP contribution < -0.4 is 5.32 Å². The van der Waals surface area contributed by atoms with E-state index < -0.39 is 10.0 Å². The highest BCUT2D eigenvalue weighted by Crippen LogP contribution is 2.19. The summed E-state index contributed by atoms with van der Waals surface area (Å²) in [5.74, 6) is -0.243. The summed E-state index contributed by atoms with van der Waals surface area (Å²) >= 11 is 5.83. The number of hydrogen-bond donors (Lipinski definition) is 1. The van der Waals surface area contributed by atoms with Gasteiger partial charge in [-0.1, -0.05) is 17.7 Å². The molecule has 1 amide bonds. The van der Waals surface area contributed by atoms with Crippen LogP contribution in [0.15, 0.2) is 24.3 Å². The summed E-state index contributed by atoms with van der Waals surface area (Å²) in [5, 5.41) is 3.26. The molecule has 1 fully saturated rings. The molecule has 20 heavy (non-hydrogen) atoms. The van der Waals surface area contributed by atoms with Gasteiger partial charge in [-0.15, -0.1) is 0 Å². The lowest BCUT2D eigenvalue weighted by atomic mass is 10.2. The summed E-state index contributed by atoms with van der Waals surface area (Å²) in [7, 11) is -3.21. The number of amides is 1. The summed E-state index contributed by atoms with van der Waals surface area (Å²) in [5.41, 5.74) is 0.474. The van der Waals surface area contributed by atoms with Crippen LogP contribution in [0, 0.1) is 0 Å². The normalized spacial score (nSPS) is 20.0.